The number of hydrogen-bond acceptors (Lipinski definition) is 16. The molecule has 17 heteroatoms. The zero-order valence-corrected chi connectivity index (χ0v) is 46.2. The molecule has 3 aliphatic heterocycles. The van der Waals surface area contributed by atoms with Crippen LogP contribution in [0.2, 0.25) is 0 Å². The van der Waals surface area contributed by atoms with Gasteiger partial charge in [0, 0.05) is 58.5 Å². The van der Waals surface area contributed by atoms with Gasteiger partial charge in [-0.05, 0) is 113 Å². The van der Waals surface area contributed by atoms with Crippen LogP contribution in [0, 0.1) is 40.4 Å². The van der Waals surface area contributed by atoms with Gasteiger partial charge in [-0.1, -0.05) is 78.0 Å². The number of carbonyl (C=O) groups excluding carboxylic acids is 6. The van der Waals surface area contributed by atoms with Crippen LogP contribution in [0.5, 0.6) is 0 Å². The van der Waals surface area contributed by atoms with Gasteiger partial charge in [0.2, 0.25) is 5.79 Å². The third kappa shape index (κ3) is 16.1. The number of ether oxygens (including phenoxy) is 6. The minimum Gasteiger partial charge on any atom is -0.460 e. The molecule has 0 radical (unpaired) electrons. The van der Waals surface area contributed by atoms with Crippen molar-refractivity contribution in [1.82, 2.24) is 4.90 Å². The zero-order chi connectivity index (χ0) is 55.3. The van der Waals surface area contributed by atoms with Crippen LogP contribution in [0.15, 0.2) is 47.6 Å². The lowest BCUT2D eigenvalue weighted by Crippen LogP contribution is -2.61. The first-order valence-electron chi connectivity index (χ1n) is 26.7. The predicted molar refractivity (Wildman–Crippen MR) is 276 cm³/mol. The molecule has 4 rings (SSSR count). The number of aliphatic hydroxyl groups is 4. The molecule has 1 aliphatic carbocycles. The molecule has 2 saturated heterocycles. The second kappa shape index (κ2) is 27.9. The summed E-state index contributed by atoms with van der Waals surface area (Å²) in [4.78, 5) is 85.6. The highest BCUT2D eigenvalue weighted by atomic mass is 16.6. The van der Waals surface area contributed by atoms with Gasteiger partial charge in [0.15, 0.2) is 5.78 Å². The van der Waals surface area contributed by atoms with E-state index in [4.69, 9.17) is 28.4 Å². The van der Waals surface area contributed by atoms with E-state index in [-0.39, 0.29) is 43.3 Å². The molecule has 1 saturated carbocycles. The van der Waals surface area contributed by atoms with E-state index in [0.717, 1.165) is 10.5 Å². The highest BCUT2D eigenvalue weighted by Crippen LogP contribution is 2.39. The highest BCUT2D eigenvalue weighted by Gasteiger charge is 2.53. The molecule has 17 nitrogen and oxygen atoms in total. The van der Waals surface area contributed by atoms with Crippen molar-refractivity contribution in [1.29, 1.82) is 0 Å². The van der Waals surface area contributed by atoms with Gasteiger partial charge in [0.1, 0.15) is 41.7 Å². The van der Waals surface area contributed by atoms with Crippen molar-refractivity contribution in [3.63, 3.8) is 0 Å². The quantitative estimate of drug-likeness (QED) is 0.110. The number of piperidine rings is 1. The molecule has 14 atom stereocenters. The number of allylic oxidation sites excluding steroid dienone is 6. The largest absolute Gasteiger partial charge is 0.460 e. The van der Waals surface area contributed by atoms with Crippen molar-refractivity contribution < 1.29 is 77.6 Å². The first-order chi connectivity index (χ1) is 34.8. The average molecular weight is 1040 g/mol. The number of rotatable bonds is 10. The maximum Gasteiger partial charge on any atom is 0.329 e. The lowest BCUT2D eigenvalue weighted by molar-refractivity contribution is -0.265. The van der Waals surface area contributed by atoms with Crippen molar-refractivity contribution in [2.75, 3.05) is 41.1 Å². The first kappa shape index (κ1) is 62.6. The second-order valence-corrected chi connectivity index (χ2v) is 22.8. The van der Waals surface area contributed by atoms with Crippen molar-refractivity contribution in [3.8, 4) is 0 Å². The lowest BCUT2D eigenvalue weighted by Gasteiger charge is -2.42. The van der Waals surface area contributed by atoms with Crippen molar-refractivity contribution in [2.45, 2.75) is 194 Å². The van der Waals surface area contributed by atoms with Gasteiger partial charge < -0.3 is 53.7 Å². The average Bonchev–Trinajstić information content (AvgIpc) is 3.37. The Balaban J connectivity index is 1.71. The SMILES string of the molecule is CO[C@H]1CC2CC[C@@H](C)[C@@](O)(O2)C(=O)C(=O)N2CCCC[C@H]2C(=O)O[C@H]([C@H](C)C[C@@H]2CC[C@@H](OC(=O)C(C)(CO)CO)[C@H](OC)C2)CC(=O)[C@H](C)/C=C(\C)[C@@H](O)[C@@H](OC)C(=O)[C@H](C)CC(C)(C)/C=C/C=C/C=C/1C. The summed E-state index contributed by atoms with van der Waals surface area (Å²) in [5, 5.41) is 43.2. The van der Waals surface area contributed by atoms with E-state index in [1.807, 2.05) is 58.1 Å². The van der Waals surface area contributed by atoms with E-state index in [0.29, 0.717) is 63.4 Å². The number of esters is 2. The fourth-order valence-electron chi connectivity index (χ4n) is 11.0. The predicted octanol–water partition coefficient (Wildman–Crippen LogP) is 6.11. The summed E-state index contributed by atoms with van der Waals surface area (Å²) in [5.74, 6) is -9.42. The van der Waals surface area contributed by atoms with Crippen LogP contribution >= 0.6 is 0 Å². The summed E-state index contributed by atoms with van der Waals surface area (Å²) in [6.45, 7) is 14.8. The smallest absolute Gasteiger partial charge is 0.329 e. The lowest BCUT2D eigenvalue weighted by atomic mass is 9.78. The third-order valence-electron chi connectivity index (χ3n) is 16.1. The molecular formula is C57H89NO16. The van der Waals surface area contributed by atoms with Gasteiger partial charge >= 0.3 is 11.9 Å². The molecule has 418 valence electrons. The number of carbonyl (C=O) groups is 6. The summed E-state index contributed by atoms with van der Waals surface area (Å²) in [6, 6.07) is -1.20. The van der Waals surface area contributed by atoms with Gasteiger partial charge in [-0.2, -0.15) is 0 Å². The van der Waals surface area contributed by atoms with E-state index in [1.165, 1.54) is 21.1 Å². The fourth-order valence-corrected chi connectivity index (χ4v) is 11.0. The minimum atomic E-state index is -2.47. The molecule has 1 amide bonds. The summed E-state index contributed by atoms with van der Waals surface area (Å²) in [7, 11) is 4.43. The topological polar surface area (TPSA) is 242 Å². The van der Waals surface area contributed by atoms with E-state index >= 15 is 0 Å². The molecule has 0 aromatic rings. The Morgan fingerprint density at radius 3 is 2.20 bits per heavy atom. The number of Topliss-reactive ketones (excluding diaryl/α,β-unsaturated/α-hetero) is 3. The van der Waals surface area contributed by atoms with Crippen molar-refractivity contribution in [2.24, 2.45) is 40.4 Å². The fraction of sp³-hybridized carbons (Fsp3) is 0.754. The Labute approximate surface area is 439 Å². The molecule has 4 aliphatic rings. The Kier molecular flexibility index (Phi) is 23.6. The van der Waals surface area contributed by atoms with Crippen LogP contribution in [0.3, 0.4) is 0 Å². The highest BCUT2D eigenvalue weighted by molar-refractivity contribution is 6.39. The van der Waals surface area contributed by atoms with E-state index in [2.05, 4.69) is 0 Å². The van der Waals surface area contributed by atoms with Crippen molar-refractivity contribution >= 4 is 35.2 Å². The number of hydrogen-bond donors (Lipinski definition) is 4. The normalized spacial score (nSPS) is 36.8. The van der Waals surface area contributed by atoms with E-state index in [9.17, 15) is 49.2 Å². The van der Waals surface area contributed by atoms with Crippen LogP contribution in [0.4, 0.5) is 0 Å². The summed E-state index contributed by atoms with van der Waals surface area (Å²) in [5.41, 5.74) is -0.712. The van der Waals surface area contributed by atoms with Crippen molar-refractivity contribution in [3.05, 3.63) is 47.6 Å². The molecule has 4 N–H and O–H groups in total. The molecule has 3 fully saturated rings. The van der Waals surface area contributed by atoms with E-state index < -0.39 is 126 Å². The number of methoxy groups -OCH3 is 3. The molecule has 0 aromatic heterocycles. The van der Waals surface area contributed by atoms with Crippen LogP contribution in [0.25, 0.3) is 0 Å². The van der Waals surface area contributed by atoms with Gasteiger partial charge in [0.25, 0.3) is 11.7 Å². The third-order valence-corrected chi connectivity index (χ3v) is 16.1. The molecule has 0 aromatic carbocycles. The molecule has 0 spiro atoms. The molecule has 1 unspecified atom stereocenters. The Bertz CT molecular complexity index is 2060. The monoisotopic (exact) mass is 1040 g/mol. The molecule has 3 heterocycles. The van der Waals surface area contributed by atoms with Crippen LogP contribution in [-0.4, -0.2) is 156 Å². The molecule has 2 bridgehead atoms. The standard InChI is InChI=1S/C57H89NO16/c1-34-18-14-13-16-24-55(7,8)31-38(5)49(63)50(71-12)48(62)37(4)26-35(2)43(61)30-46(36(3)27-40-21-23-44(47(28-40)70-11)73-54(67)56(9,32-59)33-60)72-53(66)42-19-15-17-25-58(42)52(65)51(64)57(68)39(6)20-22-41(74-57)29-45(34)69-10/h13-14,16,18,24,26,35-36,38-42,44-48,50,59-60,62,68H,15,17,19-23,25,27-33H2,1-12H3/b14-13+,24-16+,34-18+,37-26+/t35-,36-,38-,39-,40+,41?,42+,44-,45+,46+,47-,48-,50-,57-/m1/s1. The minimum absolute atomic E-state index is 0.0408. The Hall–Kier alpha value is -3.94. The number of fused-ring (bicyclic) bond motifs is 3. The summed E-state index contributed by atoms with van der Waals surface area (Å²) in [6.07, 6.45) is 9.70. The van der Waals surface area contributed by atoms with Gasteiger partial charge in [-0.3, -0.25) is 24.0 Å². The first-order valence-corrected chi connectivity index (χ1v) is 26.7. The molecular weight excluding hydrogens is 955 g/mol. The number of amides is 1. The zero-order valence-electron chi connectivity index (χ0n) is 46.2. The Morgan fingerprint density at radius 2 is 1.57 bits per heavy atom. The number of nitrogens with zero attached hydrogens (tertiary/aromatic N) is 1. The van der Waals surface area contributed by atoms with Gasteiger partial charge in [0.05, 0.1) is 31.5 Å². The van der Waals surface area contributed by atoms with E-state index in [1.54, 1.807) is 40.9 Å². The van der Waals surface area contributed by atoms with Crippen LogP contribution in [-0.2, 0) is 57.2 Å². The second-order valence-electron chi connectivity index (χ2n) is 22.8. The number of ketones is 3. The summed E-state index contributed by atoms with van der Waals surface area (Å²) < 4.78 is 35.5. The van der Waals surface area contributed by atoms with Gasteiger partial charge in [-0.15, -0.1) is 0 Å². The van der Waals surface area contributed by atoms with Crippen LogP contribution < -0.4 is 0 Å². The Morgan fingerprint density at radius 1 is 0.878 bits per heavy atom. The summed E-state index contributed by atoms with van der Waals surface area (Å²) >= 11 is 0. The van der Waals surface area contributed by atoms with Crippen LogP contribution in [0.1, 0.15) is 139 Å². The van der Waals surface area contributed by atoms with Gasteiger partial charge in [-0.25, -0.2) is 4.79 Å². The maximum atomic E-state index is 14.6. The number of aliphatic hydroxyl groups excluding tert-OH is 3. The molecule has 74 heavy (non-hydrogen) atoms. The number of cyclic esters (lactones) is 1. The maximum absolute atomic E-state index is 14.6.